The van der Waals surface area contributed by atoms with Crippen molar-refractivity contribution in [3.05, 3.63) is 36.2 Å². The van der Waals surface area contributed by atoms with Crippen molar-refractivity contribution in [3.8, 4) is 5.75 Å². The molecule has 0 saturated heterocycles. The number of nitrogens with zero attached hydrogens (tertiary/aromatic N) is 3. The molecule has 0 radical (unpaired) electrons. The summed E-state index contributed by atoms with van der Waals surface area (Å²) in [5.41, 5.74) is 1.31. The van der Waals surface area contributed by atoms with Crippen LogP contribution < -0.4 is 9.46 Å². The van der Waals surface area contributed by atoms with E-state index >= 15 is 0 Å². The highest BCUT2D eigenvalue weighted by molar-refractivity contribution is 7.92. The second-order valence-electron chi connectivity index (χ2n) is 8.13. The Bertz CT molecular complexity index is 1100. The van der Waals surface area contributed by atoms with E-state index in [0.29, 0.717) is 23.3 Å². The molecule has 2 aromatic heterocycles. The highest BCUT2D eigenvalue weighted by Gasteiger charge is 2.29. The van der Waals surface area contributed by atoms with Crippen LogP contribution in [0.2, 0.25) is 0 Å². The summed E-state index contributed by atoms with van der Waals surface area (Å²) in [6, 6.07) is 5.45. The van der Waals surface area contributed by atoms with Gasteiger partial charge in [-0.3, -0.25) is 9.40 Å². The monoisotopic (exact) mass is 448 g/mol. The Hall–Kier alpha value is -2.59. The number of anilines is 1. The van der Waals surface area contributed by atoms with E-state index in [-0.39, 0.29) is 30.0 Å². The number of aliphatic hydroxyl groups excluding tert-OH is 1. The van der Waals surface area contributed by atoms with Crippen LogP contribution in [0.1, 0.15) is 37.7 Å². The van der Waals surface area contributed by atoms with Crippen molar-refractivity contribution in [1.82, 2.24) is 14.9 Å². The number of rotatable bonds is 9. The maximum Gasteiger partial charge on any atom is 0.234 e. The Morgan fingerprint density at radius 3 is 2.81 bits per heavy atom. The molecule has 2 N–H and O–H groups in total. The van der Waals surface area contributed by atoms with Crippen LogP contribution in [0.3, 0.4) is 0 Å². The fourth-order valence-corrected chi connectivity index (χ4v) is 5.87. The molecule has 168 valence electrons. The van der Waals surface area contributed by atoms with Gasteiger partial charge < -0.3 is 14.4 Å². The van der Waals surface area contributed by atoms with E-state index in [2.05, 4.69) is 15.0 Å². The Balaban J connectivity index is 1.55. The van der Waals surface area contributed by atoms with Crippen LogP contribution >= 0.6 is 0 Å². The molecule has 1 aromatic carbocycles. The van der Waals surface area contributed by atoms with E-state index in [1.165, 1.54) is 13.5 Å². The number of hydrogen-bond donors (Lipinski definition) is 2. The van der Waals surface area contributed by atoms with Crippen LogP contribution in [-0.4, -0.2) is 47.9 Å². The van der Waals surface area contributed by atoms with Gasteiger partial charge in [-0.2, -0.15) is 5.10 Å². The van der Waals surface area contributed by atoms with Crippen LogP contribution in [0.25, 0.3) is 11.0 Å². The predicted octanol–water partition coefficient (Wildman–Crippen LogP) is 3.01. The lowest BCUT2D eigenvalue weighted by atomic mass is 9.81. The molecule has 31 heavy (non-hydrogen) atoms. The molecule has 1 aliphatic carbocycles. The Morgan fingerprint density at radius 1 is 1.32 bits per heavy atom. The maximum absolute atomic E-state index is 12.9. The average molecular weight is 449 g/mol. The number of benzene rings is 1. The van der Waals surface area contributed by atoms with Crippen LogP contribution in [0.4, 0.5) is 5.82 Å². The quantitative estimate of drug-likeness (QED) is 0.516. The Kier molecular flexibility index (Phi) is 6.47. The first-order valence-electron chi connectivity index (χ1n) is 10.5. The van der Waals surface area contributed by atoms with Gasteiger partial charge in [0.05, 0.1) is 19.4 Å². The van der Waals surface area contributed by atoms with Gasteiger partial charge in [-0.05, 0) is 29.7 Å². The molecular weight excluding hydrogens is 420 g/mol. The minimum absolute atomic E-state index is 0.0952. The lowest BCUT2D eigenvalue weighted by molar-refractivity contribution is 0.162. The third-order valence-electron chi connectivity index (χ3n) is 5.96. The molecule has 3 aromatic rings. The molecule has 9 nitrogen and oxygen atoms in total. The number of hydrogen-bond acceptors (Lipinski definition) is 7. The fourth-order valence-electron chi connectivity index (χ4n) is 4.41. The van der Waals surface area contributed by atoms with Crippen LogP contribution in [0, 0.1) is 11.8 Å². The van der Waals surface area contributed by atoms with Crippen molar-refractivity contribution in [2.24, 2.45) is 11.8 Å². The van der Waals surface area contributed by atoms with Crippen molar-refractivity contribution in [1.29, 1.82) is 0 Å². The van der Waals surface area contributed by atoms with Gasteiger partial charge in [0.2, 0.25) is 10.0 Å². The third kappa shape index (κ3) is 5.01. The molecule has 1 saturated carbocycles. The van der Waals surface area contributed by atoms with Gasteiger partial charge in [0.1, 0.15) is 11.1 Å². The highest BCUT2D eigenvalue weighted by atomic mass is 32.2. The average Bonchev–Trinajstić information content (AvgIpc) is 3.42. The number of fused-ring (bicyclic) bond motifs is 1. The molecule has 1 fully saturated rings. The van der Waals surface area contributed by atoms with E-state index in [0.717, 1.165) is 31.2 Å². The van der Waals surface area contributed by atoms with Gasteiger partial charge in [0.25, 0.3) is 0 Å². The van der Waals surface area contributed by atoms with Crippen LogP contribution in [0.5, 0.6) is 5.75 Å². The second kappa shape index (κ2) is 9.27. The molecule has 0 amide bonds. The highest BCUT2D eigenvalue weighted by Crippen LogP contribution is 2.35. The minimum Gasteiger partial charge on any atom is -0.496 e. The summed E-state index contributed by atoms with van der Waals surface area (Å²) in [5, 5.41) is 18.4. The molecule has 1 atom stereocenters. The summed E-state index contributed by atoms with van der Waals surface area (Å²) in [7, 11) is -2.22. The van der Waals surface area contributed by atoms with Crippen molar-refractivity contribution in [2.45, 2.75) is 38.6 Å². The van der Waals surface area contributed by atoms with Crippen molar-refractivity contribution in [2.75, 3.05) is 24.2 Å². The summed E-state index contributed by atoms with van der Waals surface area (Å²) in [6.07, 6.45) is 8.81. The van der Waals surface area contributed by atoms with Crippen molar-refractivity contribution >= 4 is 26.8 Å². The van der Waals surface area contributed by atoms with Gasteiger partial charge in [0, 0.05) is 24.9 Å². The number of ether oxygens (including phenoxy) is 1. The van der Waals surface area contributed by atoms with E-state index in [9.17, 15) is 13.5 Å². The smallest absolute Gasteiger partial charge is 0.234 e. The fraction of sp³-hybridized carbons (Fsp3) is 0.524. The zero-order chi connectivity index (χ0) is 21.8. The van der Waals surface area contributed by atoms with Gasteiger partial charge in [0.15, 0.2) is 11.4 Å². The number of aliphatic hydroxyl groups is 1. The summed E-state index contributed by atoms with van der Waals surface area (Å²) >= 11 is 0. The first kappa shape index (κ1) is 21.6. The molecule has 0 bridgehead atoms. The molecule has 1 aliphatic rings. The Labute approximate surface area is 181 Å². The number of aromatic nitrogens is 3. The first-order valence-corrected chi connectivity index (χ1v) is 12.2. The number of nitrogens with one attached hydrogen (secondary N) is 1. The third-order valence-corrected chi connectivity index (χ3v) is 7.33. The van der Waals surface area contributed by atoms with Crippen molar-refractivity contribution in [3.63, 3.8) is 0 Å². The van der Waals surface area contributed by atoms with E-state index < -0.39 is 10.0 Å². The minimum atomic E-state index is -3.73. The summed E-state index contributed by atoms with van der Waals surface area (Å²) < 4.78 is 41.0. The second-order valence-corrected chi connectivity index (χ2v) is 9.90. The van der Waals surface area contributed by atoms with E-state index in [1.54, 1.807) is 16.9 Å². The van der Waals surface area contributed by atoms with Gasteiger partial charge in [-0.25, -0.2) is 8.42 Å². The standard InChI is InChI=1S/C21H28N4O5S/c1-29-18-10-15(12-25-9-5-8-22-25)11-19-20(18)21(23-30-19)24-31(27,28)14-17(13-26)16-6-3-2-4-7-16/h5,8-11,16-17,26H,2-4,6-7,12-14H2,1H3,(H,23,24). The zero-order valence-electron chi connectivity index (χ0n) is 17.5. The topological polar surface area (TPSA) is 119 Å². The first-order chi connectivity index (χ1) is 15.0. The molecular formula is C21H28N4O5S. The van der Waals surface area contributed by atoms with Crippen LogP contribution in [-0.2, 0) is 16.6 Å². The van der Waals surface area contributed by atoms with E-state index in [1.807, 2.05) is 18.3 Å². The lowest BCUT2D eigenvalue weighted by Crippen LogP contribution is -2.31. The summed E-state index contributed by atoms with van der Waals surface area (Å²) in [4.78, 5) is 0. The predicted molar refractivity (Wildman–Crippen MR) is 116 cm³/mol. The lowest BCUT2D eigenvalue weighted by Gasteiger charge is -2.28. The SMILES string of the molecule is COc1cc(Cn2cccn2)cc2onc(NS(=O)(=O)CC(CO)C3CCCCC3)c12. The van der Waals surface area contributed by atoms with Gasteiger partial charge in [-0.15, -0.1) is 0 Å². The molecule has 10 heteroatoms. The molecule has 4 rings (SSSR count). The van der Waals surface area contributed by atoms with Gasteiger partial charge >= 0.3 is 0 Å². The van der Waals surface area contributed by atoms with Crippen LogP contribution in [0.15, 0.2) is 35.1 Å². The molecule has 0 spiro atoms. The zero-order valence-corrected chi connectivity index (χ0v) is 18.3. The largest absolute Gasteiger partial charge is 0.496 e. The molecule has 1 unspecified atom stereocenters. The maximum atomic E-state index is 12.9. The summed E-state index contributed by atoms with van der Waals surface area (Å²) in [5.74, 6) is 0.340. The van der Waals surface area contributed by atoms with Crippen molar-refractivity contribution < 1.29 is 22.8 Å². The molecule has 0 aliphatic heterocycles. The molecule has 2 heterocycles. The normalized spacial score (nSPS) is 16.5. The van der Waals surface area contributed by atoms with Gasteiger partial charge in [-0.1, -0.05) is 37.3 Å². The number of methoxy groups -OCH3 is 1. The van der Waals surface area contributed by atoms with E-state index in [4.69, 9.17) is 9.26 Å². The number of sulfonamides is 1. The Morgan fingerprint density at radius 2 is 2.13 bits per heavy atom. The summed E-state index contributed by atoms with van der Waals surface area (Å²) in [6.45, 7) is 0.367.